The van der Waals surface area contributed by atoms with Crippen molar-refractivity contribution < 1.29 is 13.6 Å². The molecule has 0 saturated heterocycles. The molecular weight excluding hydrogens is 278 g/mol. The number of carbonyl (C=O) groups excluding carboxylic acids is 1. The van der Waals surface area contributed by atoms with E-state index in [1.807, 2.05) is 10.8 Å². The number of imidazole rings is 1. The Bertz CT molecular complexity index is 644. The Balaban J connectivity index is 1.76. The molecule has 7 heteroatoms. The van der Waals surface area contributed by atoms with Crippen LogP contribution in [0.3, 0.4) is 0 Å². The minimum Gasteiger partial charge on any atom is -0.347 e. The van der Waals surface area contributed by atoms with E-state index in [-0.39, 0.29) is 17.6 Å². The molecule has 0 spiro atoms. The minimum absolute atomic E-state index is 0.0891. The van der Waals surface area contributed by atoms with Crippen molar-refractivity contribution in [3.63, 3.8) is 0 Å². The Hall–Kier alpha value is -2.31. The number of amides is 1. The summed E-state index contributed by atoms with van der Waals surface area (Å²) < 4.78 is 28.6. The van der Waals surface area contributed by atoms with E-state index in [2.05, 4.69) is 15.3 Å². The van der Waals surface area contributed by atoms with E-state index < -0.39 is 17.7 Å². The molecule has 3 rings (SSSR count). The van der Waals surface area contributed by atoms with Gasteiger partial charge >= 0.3 is 0 Å². The lowest BCUT2D eigenvalue weighted by Crippen LogP contribution is -2.38. The summed E-state index contributed by atoms with van der Waals surface area (Å²) >= 11 is 0. The highest BCUT2D eigenvalue weighted by molar-refractivity contribution is 5.94. The normalized spacial score (nSPS) is 21.4. The topological polar surface area (TPSA) is 59.8 Å². The van der Waals surface area contributed by atoms with Crippen LogP contribution in [0.4, 0.5) is 8.78 Å². The smallest absolute Gasteiger partial charge is 0.254 e. The van der Waals surface area contributed by atoms with Crippen LogP contribution in [-0.2, 0) is 0 Å². The summed E-state index contributed by atoms with van der Waals surface area (Å²) in [4.78, 5) is 19.3. The van der Waals surface area contributed by atoms with Crippen molar-refractivity contribution in [1.29, 1.82) is 0 Å². The maximum atomic E-state index is 13.6. The van der Waals surface area contributed by atoms with Gasteiger partial charge in [-0.1, -0.05) is 0 Å². The number of rotatable bonds is 3. The molecular formula is C14H14F2N4O. The van der Waals surface area contributed by atoms with Crippen molar-refractivity contribution in [2.24, 2.45) is 0 Å². The van der Waals surface area contributed by atoms with Gasteiger partial charge in [-0.2, -0.15) is 4.39 Å². The summed E-state index contributed by atoms with van der Waals surface area (Å²) in [6.07, 6.45) is 8.95. The van der Waals surface area contributed by atoms with E-state index in [0.717, 1.165) is 25.5 Å². The number of pyridine rings is 1. The third-order valence-corrected chi connectivity index (χ3v) is 3.80. The van der Waals surface area contributed by atoms with Crippen LogP contribution >= 0.6 is 0 Å². The lowest BCUT2D eigenvalue weighted by molar-refractivity contribution is 0.0923. The third kappa shape index (κ3) is 2.63. The lowest BCUT2D eigenvalue weighted by atomic mass is 10.1. The number of hydrogen-bond donors (Lipinski definition) is 1. The second-order valence-electron chi connectivity index (χ2n) is 5.05. The van der Waals surface area contributed by atoms with Crippen molar-refractivity contribution in [2.45, 2.75) is 31.3 Å². The third-order valence-electron chi connectivity index (χ3n) is 3.80. The largest absolute Gasteiger partial charge is 0.347 e. The molecule has 2 heterocycles. The molecule has 1 aliphatic rings. The lowest BCUT2D eigenvalue weighted by Gasteiger charge is -2.22. The highest BCUT2D eigenvalue weighted by atomic mass is 19.2. The van der Waals surface area contributed by atoms with Gasteiger partial charge in [0.2, 0.25) is 5.95 Å². The first kappa shape index (κ1) is 13.7. The molecule has 110 valence electrons. The Kier molecular flexibility index (Phi) is 3.64. The van der Waals surface area contributed by atoms with Gasteiger partial charge in [0, 0.05) is 24.6 Å². The van der Waals surface area contributed by atoms with Crippen LogP contribution < -0.4 is 5.32 Å². The van der Waals surface area contributed by atoms with E-state index >= 15 is 0 Å². The second-order valence-corrected chi connectivity index (χ2v) is 5.05. The Labute approximate surface area is 120 Å². The molecule has 2 aromatic heterocycles. The van der Waals surface area contributed by atoms with Crippen LogP contribution in [0, 0.1) is 11.8 Å². The van der Waals surface area contributed by atoms with Gasteiger partial charge in [0.05, 0.1) is 17.9 Å². The van der Waals surface area contributed by atoms with Crippen molar-refractivity contribution >= 4 is 5.91 Å². The molecule has 21 heavy (non-hydrogen) atoms. The monoisotopic (exact) mass is 292 g/mol. The summed E-state index contributed by atoms with van der Waals surface area (Å²) in [5, 5.41) is 2.78. The molecule has 1 aliphatic carbocycles. The number of aromatic nitrogens is 3. The Morgan fingerprint density at radius 2 is 2.19 bits per heavy atom. The van der Waals surface area contributed by atoms with E-state index in [9.17, 15) is 13.6 Å². The molecule has 1 saturated carbocycles. The first-order chi connectivity index (χ1) is 10.2. The highest BCUT2D eigenvalue weighted by Gasteiger charge is 2.30. The first-order valence-electron chi connectivity index (χ1n) is 6.75. The average Bonchev–Trinajstić information content (AvgIpc) is 3.12. The number of carbonyl (C=O) groups is 1. The summed E-state index contributed by atoms with van der Waals surface area (Å²) in [5.41, 5.74) is -0.321. The standard InChI is InChI=1S/C14H14F2N4O/c15-12-9(4-5-18-13(12)16)14(21)19-10-2-1-3-11(10)20-7-6-17-8-20/h4-8,10-11H,1-3H2,(H,19,21). The zero-order valence-corrected chi connectivity index (χ0v) is 11.2. The maximum absolute atomic E-state index is 13.6. The van der Waals surface area contributed by atoms with Crippen molar-refractivity contribution in [3.8, 4) is 0 Å². The molecule has 1 N–H and O–H groups in total. The molecule has 0 bridgehead atoms. The number of hydrogen-bond acceptors (Lipinski definition) is 3. The number of nitrogens with zero attached hydrogens (tertiary/aromatic N) is 3. The minimum atomic E-state index is -1.26. The zero-order valence-electron chi connectivity index (χ0n) is 11.2. The summed E-state index contributed by atoms with van der Waals surface area (Å²) in [5.74, 6) is -3.10. The predicted molar refractivity (Wildman–Crippen MR) is 70.5 cm³/mol. The van der Waals surface area contributed by atoms with Crippen molar-refractivity contribution in [1.82, 2.24) is 19.9 Å². The van der Waals surface area contributed by atoms with Gasteiger partial charge in [0.25, 0.3) is 5.91 Å². The van der Waals surface area contributed by atoms with Crippen LogP contribution in [0.2, 0.25) is 0 Å². The first-order valence-corrected chi connectivity index (χ1v) is 6.75. The molecule has 5 nitrogen and oxygen atoms in total. The average molecular weight is 292 g/mol. The quantitative estimate of drug-likeness (QED) is 0.881. The fourth-order valence-corrected chi connectivity index (χ4v) is 2.77. The molecule has 1 amide bonds. The van der Waals surface area contributed by atoms with Crippen LogP contribution in [0.15, 0.2) is 31.0 Å². The maximum Gasteiger partial charge on any atom is 0.254 e. The van der Waals surface area contributed by atoms with Gasteiger partial charge in [-0.25, -0.2) is 14.4 Å². The van der Waals surface area contributed by atoms with E-state index in [0.29, 0.717) is 0 Å². The van der Waals surface area contributed by atoms with E-state index in [1.165, 1.54) is 6.07 Å². The Morgan fingerprint density at radius 1 is 1.33 bits per heavy atom. The number of halogens is 2. The van der Waals surface area contributed by atoms with Gasteiger partial charge in [0.1, 0.15) is 0 Å². The van der Waals surface area contributed by atoms with Crippen LogP contribution in [0.25, 0.3) is 0 Å². The van der Waals surface area contributed by atoms with E-state index in [4.69, 9.17) is 0 Å². The predicted octanol–water partition coefficient (Wildman–Crippen LogP) is 2.08. The van der Waals surface area contributed by atoms with Crippen molar-refractivity contribution in [3.05, 3.63) is 48.3 Å². The zero-order chi connectivity index (χ0) is 14.8. The molecule has 0 radical (unpaired) electrons. The van der Waals surface area contributed by atoms with Gasteiger partial charge in [-0.05, 0) is 25.3 Å². The molecule has 0 aromatic carbocycles. The molecule has 1 fully saturated rings. The molecule has 2 aromatic rings. The molecule has 2 atom stereocenters. The molecule has 2 unspecified atom stereocenters. The van der Waals surface area contributed by atoms with Gasteiger partial charge in [-0.3, -0.25) is 4.79 Å². The molecule has 0 aliphatic heterocycles. The van der Waals surface area contributed by atoms with Gasteiger partial charge in [0.15, 0.2) is 5.82 Å². The van der Waals surface area contributed by atoms with Crippen LogP contribution in [0.1, 0.15) is 35.7 Å². The fourth-order valence-electron chi connectivity index (χ4n) is 2.77. The van der Waals surface area contributed by atoms with Crippen LogP contribution in [-0.4, -0.2) is 26.5 Å². The SMILES string of the molecule is O=C(NC1CCCC1n1ccnc1)c1ccnc(F)c1F. The summed E-state index contributed by atoms with van der Waals surface area (Å²) in [7, 11) is 0. The fraction of sp³-hybridized carbons (Fsp3) is 0.357. The number of nitrogens with one attached hydrogen (secondary N) is 1. The summed E-state index contributed by atoms with van der Waals surface area (Å²) in [6.45, 7) is 0. The van der Waals surface area contributed by atoms with Crippen LogP contribution in [0.5, 0.6) is 0 Å². The Morgan fingerprint density at radius 3 is 2.95 bits per heavy atom. The second kappa shape index (κ2) is 5.59. The van der Waals surface area contributed by atoms with E-state index in [1.54, 1.807) is 12.5 Å². The highest BCUT2D eigenvalue weighted by Crippen LogP contribution is 2.30. The van der Waals surface area contributed by atoms with Crippen molar-refractivity contribution in [2.75, 3.05) is 0 Å². The van der Waals surface area contributed by atoms with Gasteiger partial charge in [-0.15, -0.1) is 0 Å². The van der Waals surface area contributed by atoms with Gasteiger partial charge < -0.3 is 9.88 Å². The summed E-state index contributed by atoms with van der Waals surface area (Å²) in [6, 6.07) is 1.14.